The number of ether oxygens (including phenoxy) is 3. The third-order valence-electron chi connectivity index (χ3n) is 10.3. The summed E-state index contributed by atoms with van der Waals surface area (Å²) in [6.45, 7) is 4.30. The first-order valence-electron chi connectivity index (χ1n) is 19.1. The molecule has 11 nitrogen and oxygen atoms in total. The van der Waals surface area contributed by atoms with Crippen LogP contribution in [0.3, 0.4) is 0 Å². The Bertz CT molecular complexity index is 2030. The van der Waals surface area contributed by atoms with E-state index >= 15 is 0 Å². The minimum absolute atomic E-state index is 0.0361. The summed E-state index contributed by atoms with van der Waals surface area (Å²) in [4.78, 5) is 30.1. The smallest absolute Gasteiger partial charge is 0.201 e. The predicted octanol–water partition coefficient (Wildman–Crippen LogP) is 5.28. The Morgan fingerprint density at radius 3 is 1.09 bits per heavy atom. The molecule has 0 heterocycles. The van der Waals surface area contributed by atoms with Gasteiger partial charge in [-0.2, -0.15) is 0 Å². The maximum Gasteiger partial charge on any atom is 0.201 e. The number of benzene rings is 2. The fourth-order valence-corrected chi connectivity index (χ4v) is 6.70. The second-order valence-electron chi connectivity index (χ2n) is 14.5. The van der Waals surface area contributed by atoms with Crippen molar-refractivity contribution in [2.45, 2.75) is 0 Å². The highest BCUT2D eigenvalue weighted by atomic mass is 16.5. The highest BCUT2D eigenvalue weighted by molar-refractivity contribution is 6.40. The molecule has 0 atom stereocenters. The molecule has 0 bridgehead atoms. The van der Waals surface area contributed by atoms with Crippen molar-refractivity contribution >= 4 is 45.5 Å². The van der Waals surface area contributed by atoms with Gasteiger partial charge in [-0.1, -0.05) is 24.3 Å². The fraction of sp³-hybridized carbons (Fsp3) is 0.304. The van der Waals surface area contributed by atoms with Crippen molar-refractivity contribution < 1.29 is 43.2 Å². The Labute approximate surface area is 334 Å². The van der Waals surface area contributed by atoms with Crippen molar-refractivity contribution in [1.29, 1.82) is 0 Å². The van der Waals surface area contributed by atoms with Crippen LogP contribution in [0.5, 0.6) is 0 Å². The van der Waals surface area contributed by atoms with Crippen LogP contribution in [-0.4, -0.2) is 137 Å². The lowest BCUT2D eigenvalue weighted by Gasteiger charge is -2.24. The third-order valence-corrected chi connectivity index (χ3v) is 10.3. The van der Waals surface area contributed by atoms with Gasteiger partial charge in [0.25, 0.3) is 0 Å². The molecule has 0 radical (unpaired) electrons. The van der Waals surface area contributed by atoms with Gasteiger partial charge in [-0.15, -0.1) is 0 Å². The van der Waals surface area contributed by atoms with Crippen molar-refractivity contribution in [2.75, 3.05) is 105 Å². The zero-order valence-electron chi connectivity index (χ0n) is 33.6. The molecule has 2 N–H and O–H groups in total. The Morgan fingerprint density at radius 1 is 0.474 bits per heavy atom. The molecule has 4 aliphatic rings. The summed E-state index contributed by atoms with van der Waals surface area (Å²) in [7, 11) is 11.8. The monoisotopic (exact) mass is 772 g/mol. The molecule has 0 aromatic heterocycles. The molecule has 0 unspecified atom stereocenters. The number of hydrogen-bond donors (Lipinski definition) is 2. The van der Waals surface area contributed by atoms with Gasteiger partial charge in [0, 0.05) is 62.9 Å². The molecule has 0 fully saturated rings. The maximum absolute atomic E-state index is 13.0. The molecule has 57 heavy (non-hydrogen) atoms. The first-order chi connectivity index (χ1) is 27.5. The number of aliphatic hydroxyl groups excluding tert-OH is 2. The van der Waals surface area contributed by atoms with Crippen LogP contribution < -0.4 is 9.80 Å². The minimum atomic E-state index is -0.151. The van der Waals surface area contributed by atoms with Crippen molar-refractivity contribution in [2.24, 2.45) is 0 Å². The molecule has 2 aromatic rings. The van der Waals surface area contributed by atoms with Crippen LogP contribution in [0.1, 0.15) is 11.1 Å². The molecular formula is C46H52N4O7+2. The molecule has 0 aliphatic heterocycles. The lowest BCUT2D eigenvalue weighted by Crippen LogP contribution is -2.25. The van der Waals surface area contributed by atoms with E-state index in [0.717, 1.165) is 22.8 Å². The maximum atomic E-state index is 13.0. The zero-order chi connectivity index (χ0) is 40.6. The fourth-order valence-electron chi connectivity index (χ4n) is 6.70. The quantitative estimate of drug-likeness (QED) is 0.134. The molecular weight excluding hydrogens is 721 g/mol. The van der Waals surface area contributed by atoms with E-state index in [1.807, 2.05) is 149 Å². The number of rotatable bonds is 16. The van der Waals surface area contributed by atoms with Gasteiger partial charge in [-0.05, 0) is 70.8 Å². The van der Waals surface area contributed by atoms with Crippen molar-refractivity contribution in [3.63, 3.8) is 0 Å². The van der Waals surface area contributed by atoms with Crippen LogP contribution in [0.15, 0.2) is 131 Å². The van der Waals surface area contributed by atoms with E-state index in [1.165, 1.54) is 0 Å². The van der Waals surface area contributed by atoms with Crippen molar-refractivity contribution in [1.82, 2.24) is 0 Å². The number of hydrogen-bond acceptors (Lipinski definition) is 9. The number of nitrogens with zero attached hydrogens (tertiary/aromatic N) is 4. The normalized spacial score (nSPS) is 16.2. The average molecular weight is 773 g/mol. The SMILES string of the molecule is CN(CCOCCOCCOCCN(C)c1ccc(C2=C(O)C(=C3C=CC(=[N+](C)C)C=C3)C2=O)cc1)c1ccc(C2=C(O)C(=C3C=CC(=[N+](C)C)C=C3)C2=O)cc1. The highest BCUT2D eigenvalue weighted by Gasteiger charge is 2.37. The van der Waals surface area contributed by atoms with E-state index in [-0.39, 0.29) is 23.1 Å². The largest absolute Gasteiger partial charge is 0.506 e. The second kappa shape index (κ2) is 18.4. The number of likely N-dealkylation sites (N-methyl/N-ethyl adjacent to an activating group) is 2. The highest BCUT2D eigenvalue weighted by Crippen LogP contribution is 2.40. The van der Waals surface area contributed by atoms with E-state index in [9.17, 15) is 19.8 Å². The Balaban J connectivity index is 0.831. The molecule has 6 rings (SSSR count). The van der Waals surface area contributed by atoms with Gasteiger partial charge in [-0.3, -0.25) is 9.59 Å². The van der Waals surface area contributed by atoms with Gasteiger partial charge in [0.15, 0.2) is 11.4 Å². The van der Waals surface area contributed by atoms with Gasteiger partial charge in [0.05, 0.1) is 61.9 Å². The number of Topliss-reactive ketones (excluding diaryl/α,β-unsaturated/α-hetero) is 2. The van der Waals surface area contributed by atoms with E-state index < -0.39 is 0 Å². The molecule has 0 saturated carbocycles. The molecule has 296 valence electrons. The summed E-state index contributed by atoms with van der Waals surface area (Å²) in [5, 5.41) is 21.5. The number of carbonyl (C=O) groups excluding carboxylic acids is 2. The first kappa shape index (κ1) is 40.8. The molecule has 11 heteroatoms. The summed E-state index contributed by atoms with van der Waals surface area (Å²) in [6, 6.07) is 15.2. The molecule has 4 aliphatic carbocycles. The standard InChI is InChI=1S/C46H50N4O7/c1-47(2)35-15-7-31(8-16-35)39-43(51)41(44(39)52)33-11-19-37(20-12-33)49(5)23-25-55-27-29-57-30-28-56-26-24-50(6)38-21-13-34(14-22-38)42-45(53)40(46(42)54)32-9-17-36(18-10-32)48(3)4/h7-22H,23-30H2,1-6H3/p+2. The van der Waals surface area contributed by atoms with Crippen LogP contribution >= 0.6 is 0 Å². The van der Waals surface area contributed by atoms with Crippen molar-refractivity contribution in [3.05, 3.63) is 142 Å². The summed E-state index contributed by atoms with van der Waals surface area (Å²) >= 11 is 0. The van der Waals surface area contributed by atoms with E-state index in [0.29, 0.717) is 97.3 Å². The van der Waals surface area contributed by atoms with Gasteiger partial charge in [-0.25, -0.2) is 9.15 Å². The summed E-state index contributed by atoms with van der Waals surface area (Å²) in [5.41, 5.74) is 8.22. The topological polar surface area (TPSA) is 115 Å². The number of aliphatic hydroxyl groups is 2. The number of anilines is 2. The summed E-state index contributed by atoms with van der Waals surface area (Å²) in [5.74, 6) is -0.231. The first-order valence-corrected chi connectivity index (χ1v) is 19.1. The molecule has 0 spiro atoms. The molecule has 2 aromatic carbocycles. The van der Waals surface area contributed by atoms with Gasteiger partial charge in [0.2, 0.25) is 11.6 Å². The third kappa shape index (κ3) is 9.23. The van der Waals surface area contributed by atoms with Crippen molar-refractivity contribution in [3.8, 4) is 0 Å². The summed E-state index contributed by atoms with van der Waals surface area (Å²) < 4.78 is 21.2. The lowest BCUT2D eigenvalue weighted by atomic mass is 9.80. The van der Waals surface area contributed by atoms with Crippen LogP contribution in [0.25, 0.3) is 11.1 Å². The Kier molecular flexibility index (Phi) is 13.1. The second-order valence-corrected chi connectivity index (χ2v) is 14.5. The van der Waals surface area contributed by atoms with E-state index in [4.69, 9.17) is 14.2 Å². The van der Waals surface area contributed by atoms with Crippen LogP contribution in [-0.2, 0) is 23.8 Å². The number of allylic oxidation sites excluding steroid dienone is 14. The summed E-state index contributed by atoms with van der Waals surface area (Å²) in [6.07, 6.45) is 15.1. The van der Waals surface area contributed by atoms with Crippen LogP contribution in [0.4, 0.5) is 11.4 Å². The Morgan fingerprint density at radius 2 is 0.789 bits per heavy atom. The van der Waals surface area contributed by atoms with E-state index in [1.54, 1.807) is 0 Å². The van der Waals surface area contributed by atoms with Crippen LogP contribution in [0.2, 0.25) is 0 Å². The zero-order valence-corrected chi connectivity index (χ0v) is 33.6. The molecule has 0 amide bonds. The Hall–Kier alpha value is -5.88. The molecule has 0 saturated heterocycles. The van der Waals surface area contributed by atoms with Gasteiger partial charge >= 0.3 is 0 Å². The minimum Gasteiger partial charge on any atom is -0.506 e. The van der Waals surface area contributed by atoms with E-state index in [2.05, 4.69) is 9.80 Å². The predicted molar refractivity (Wildman–Crippen MR) is 226 cm³/mol. The lowest BCUT2D eigenvalue weighted by molar-refractivity contribution is -0.462. The number of ketones is 2. The van der Waals surface area contributed by atoms with Gasteiger partial charge in [0.1, 0.15) is 39.7 Å². The average Bonchev–Trinajstić information content (AvgIpc) is 3.21. The van der Waals surface area contributed by atoms with Crippen LogP contribution in [0, 0.1) is 0 Å². The number of carbonyl (C=O) groups is 2. The van der Waals surface area contributed by atoms with Gasteiger partial charge < -0.3 is 34.2 Å².